The number of benzene rings is 1. The summed E-state index contributed by atoms with van der Waals surface area (Å²) in [6.45, 7) is 3.45. The average Bonchev–Trinajstić information content (AvgIpc) is 3.39. The minimum atomic E-state index is -0.0518. The molecule has 0 unspecified atom stereocenters. The molecular formula is C21H20ClN7OS. The second kappa shape index (κ2) is 8.24. The first kappa shape index (κ1) is 19.9. The minimum Gasteiger partial charge on any atom is -0.356 e. The van der Waals surface area contributed by atoms with Gasteiger partial charge >= 0.3 is 0 Å². The van der Waals surface area contributed by atoms with Gasteiger partial charge in [0.15, 0.2) is 5.13 Å². The van der Waals surface area contributed by atoms with Gasteiger partial charge in [-0.25, -0.2) is 19.9 Å². The number of anilines is 2. The molecule has 1 N–H and O–H groups in total. The lowest BCUT2D eigenvalue weighted by atomic mass is 9.96. The van der Waals surface area contributed by atoms with Gasteiger partial charge in [0.2, 0.25) is 5.91 Å². The number of halogens is 1. The van der Waals surface area contributed by atoms with Gasteiger partial charge in [0.1, 0.15) is 23.8 Å². The van der Waals surface area contributed by atoms with Gasteiger partial charge in [-0.3, -0.25) is 9.36 Å². The number of hydrogen-bond acceptors (Lipinski definition) is 7. The van der Waals surface area contributed by atoms with Crippen LogP contribution in [-0.4, -0.2) is 43.5 Å². The first-order chi connectivity index (χ1) is 15.1. The second-order valence-electron chi connectivity index (χ2n) is 7.46. The molecule has 10 heteroatoms. The van der Waals surface area contributed by atoms with Crippen LogP contribution in [0.5, 0.6) is 0 Å². The fraction of sp³-hybridized carbons (Fsp3) is 0.286. The van der Waals surface area contributed by atoms with E-state index in [0.717, 1.165) is 53.6 Å². The first-order valence-corrected chi connectivity index (χ1v) is 11.2. The lowest BCUT2D eigenvalue weighted by Crippen LogP contribution is -2.38. The highest BCUT2D eigenvalue weighted by atomic mass is 35.5. The van der Waals surface area contributed by atoms with E-state index in [4.69, 9.17) is 11.6 Å². The Morgan fingerprint density at radius 2 is 1.97 bits per heavy atom. The molecule has 31 heavy (non-hydrogen) atoms. The van der Waals surface area contributed by atoms with Crippen molar-refractivity contribution in [3.05, 3.63) is 53.8 Å². The Morgan fingerprint density at radius 1 is 1.16 bits per heavy atom. The molecule has 4 aromatic rings. The predicted molar refractivity (Wildman–Crippen MR) is 122 cm³/mol. The maximum Gasteiger partial charge on any atom is 0.229 e. The van der Waals surface area contributed by atoms with Gasteiger partial charge in [0.25, 0.3) is 0 Å². The third-order valence-corrected chi connectivity index (χ3v) is 6.65. The van der Waals surface area contributed by atoms with Gasteiger partial charge < -0.3 is 10.2 Å². The third-order valence-electron chi connectivity index (χ3n) is 5.48. The smallest absolute Gasteiger partial charge is 0.229 e. The summed E-state index contributed by atoms with van der Waals surface area (Å²) in [4.78, 5) is 32.5. The van der Waals surface area contributed by atoms with Gasteiger partial charge in [0.05, 0.1) is 10.2 Å². The standard InChI is InChI=1S/C21H20ClN7OS/c1-13-23-6-9-29(13)19-11-18(24-12-25-19)28-7-4-14(5-8-28)20(30)27-21-26-16-3-2-15(22)10-17(16)31-21/h2-3,6,9-12,14H,4-5,7-8H2,1H3,(H,26,27,30). The van der Waals surface area contributed by atoms with Crippen LogP contribution in [0.4, 0.5) is 10.9 Å². The van der Waals surface area contributed by atoms with E-state index in [9.17, 15) is 4.79 Å². The summed E-state index contributed by atoms with van der Waals surface area (Å²) >= 11 is 7.48. The van der Waals surface area contributed by atoms with Crippen LogP contribution in [0.25, 0.3) is 16.0 Å². The van der Waals surface area contributed by atoms with Crippen molar-refractivity contribution in [2.24, 2.45) is 5.92 Å². The zero-order chi connectivity index (χ0) is 21.4. The molecule has 0 spiro atoms. The normalized spacial score (nSPS) is 14.8. The lowest BCUT2D eigenvalue weighted by molar-refractivity contribution is -0.120. The topological polar surface area (TPSA) is 88.8 Å². The molecule has 0 saturated carbocycles. The van der Waals surface area contributed by atoms with Gasteiger partial charge in [-0.05, 0) is 38.0 Å². The largest absolute Gasteiger partial charge is 0.356 e. The van der Waals surface area contributed by atoms with E-state index >= 15 is 0 Å². The number of aryl methyl sites for hydroxylation is 1. The number of aromatic nitrogens is 5. The van der Waals surface area contributed by atoms with Crippen molar-refractivity contribution in [2.75, 3.05) is 23.3 Å². The summed E-state index contributed by atoms with van der Waals surface area (Å²) in [5.41, 5.74) is 0.840. The molecule has 0 radical (unpaired) electrons. The van der Waals surface area contributed by atoms with Gasteiger partial charge in [-0.1, -0.05) is 22.9 Å². The summed E-state index contributed by atoms with van der Waals surface area (Å²) in [7, 11) is 0. The zero-order valence-electron chi connectivity index (χ0n) is 16.8. The highest BCUT2D eigenvalue weighted by Gasteiger charge is 2.26. The first-order valence-electron chi connectivity index (χ1n) is 10.0. The second-order valence-corrected chi connectivity index (χ2v) is 8.93. The van der Waals surface area contributed by atoms with E-state index in [0.29, 0.717) is 10.2 Å². The van der Waals surface area contributed by atoms with Crippen molar-refractivity contribution in [1.82, 2.24) is 24.5 Å². The summed E-state index contributed by atoms with van der Waals surface area (Å²) < 4.78 is 2.89. The van der Waals surface area contributed by atoms with Crippen LogP contribution in [0.3, 0.4) is 0 Å². The molecular weight excluding hydrogens is 434 g/mol. The average molecular weight is 454 g/mol. The monoisotopic (exact) mass is 453 g/mol. The van der Waals surface area contributed by atoms with Gasteiger partial charge in [-0.2, -0.15) is 0 Å². The van der Waals surface area contributed by atoms with Crippen molar-refractivity contribution >= 4 is 50.0 Å². The van der Waals surface area contributed by atoms with E-state index in [2.05, 4.69) is 30.2 Å². The van der Waals surface area contributed by atoms with E-state index in [1.54, 1.807) is 18.6 Å². The van der Waals surface area contributed by atoms with Crippen LogP contribution in [-0.2, 0) is 4.79 Å². The fourth-order valence-corrected chi connectivity index (χ4v) is 4.94. The number of imidazole rings is 1. The highest BCUT2D eigenvalue weighted by molar-refractivity contribution is 7.22. The van der Waals surface area contributed by atoms with Crippen molar-refractivity contribution in [1.29, 1.82) is 0 Å². The highest BCUT2D eigenvalue weighted by Crippen LogP contribution is 2.30. The van der Waals surface area contributed by atoms with Crippen LogP contribution >= 0.6 is 22.9 Å². The Hall–Kier alpha value is -3.04. The molecule has 158 valence electrons. The number of thiazole rings is 1. The Balaban J connectivity index is 1.23. The van der Waals surface area contributed by atoms with Crippen molar-refractivity contribution in [2.45, 2.75) is 19.8 Å². The van der Waals surface area contributed by atoms with Crippen LogP contribution in [0, 0.1) is 12.8 Å². The Morgan fingerprint density at radius 3 is 2.74 bits per heavy atom. The molecule has 5 rings (SSSR count). The van der Waals surface area contributed by atoms with Crippen LogP contribution in [0.2, 0.25) is 5.02 Å². The van der Waals surface area contributed by atoms with Crippen molar-refractivity contribution in [3.8, 4) is 5.82 Å². The van der Waals surface area contributed by atoms with E-state index in [-0.39, 0.29) is 11.8 Å². The number of piperidine rings is 1. The molecule has 0 atom stereocenters. The predicted octanol–water partition coefficient (Wildman–Crippen LogP) is 4.09. The molecule has 1 aliphatic rings. The molecule has 8 nitrogen and oxygen atoms in total. The van der Waals surface area contributed by atoms with Gasteiger partial charge in [0, 0.05) is 42.5 Å². The third kappa shape index (κ3) is 4.11. The maximum absolute atomic E-state index is 12.8. The molecule has 1 amide bonds. The van der Waals surface area contributed by atoms with Crippen molar-refractivity contribution < 1.29 is 4.79 Å². The number of carbonyl (C=O) groups excluding carboxylic acids is 1. The van der Waals surface area contributed by atoms with Crippen LogP contribution < -0.4 is 10.2 Å². The molecule has 1 saturated heterocycles. The Labute approximate surface area is 187 Å². The number of nitrogens with one attached hydrogen (secondary N) is 1. The summed E-state index contributed by atoms with van der Waals surface area (Å²) in [6.07, 6.45) is 6.72. The van der Waals surface area contributed by atoms with Crippen LogP contribution in [0.15, 0.2) is 43.0 Å². The molecule has 0 aliphatic carbocycles. The molecule has 3 aromatic heterocycles. The SMILES string of the molecule is Cc1nccn1-c1cc(N2CCC(C(=O)Nc3nc4ccc(Cl)cc4s3)CC2)ncn1. The fourth-order valence-electron chi connectivity index (χ4n) is 3.79. The van der Waals surface area contributed by atoms with Crippen LogP contribution in [0.1, 0.15) is 18.7 Å². The molecule has 1 aromatic carbocycles. The van der Waals surface area contributed by atoms with Gasteiger partial charge in [-0.15, -0.1) is 0 Å². The lowest BCUT2D eigenvalue weighted by Gasteiger charge is -2.32. The molecule has 0 bridgehead atoms. The van der Waals surface area contributed by atoms with Crippen molar-refractivity contribution in [3.63, 3.8) is 0 Å². The van der Waals surface area contributed by atoms with E-state index in [1.807, 2.05) is 35.9 Å². The number of hydrogen-bond donors (Lipinski definition) is 1. The number of fused-ring (bicyclic) bond motifs is 1. The Bertz CT molecular complexity index is 1250. The minimum absolute atomic E-state index is 0.0159. The maximum atomic E-state index is 12.8. The number of rotatable bonds is 4. The van der Waals surface area contributed by atoms with E-state index in [1.165, 1.54) is 11.3 Å². The number of amides is 1. The van der Waals surface area contributed by atoms with E-state index < -0.39 is 0 Å². The zero-order valence-corrected chi connectivity index (χ0v) is 18.4. The quantitative estimate of drug-likeness (QED) is 0.500. The Kier molecular flexibility index (Phi) is 5.29. The summed E-state index contributed by atoms with van der Waals surface area (Å²) in [5.74, 6) is 2.49. The summed E-state index contributed by atoms with van der Waals surface area (Å²) in [6, 6.07) is 7.49. The summed E-state index contributed by atoms with van der Waals surface area (Å²) in [5, 5.41) is 4.26. The molecule has 1 fully saturated rings. The molecule has 4 heterocycles. The molecule has 1 aliphatic heterocycles. The number of nitrogens with zero attached hydrogens (tertiary/aromatic N) is 6. The number of carbonyl (C=O) groups is 1.